The first-order chi connectivity index (χ1) is 12.1. The Hall–Kier alpha value is -2.66. The lowest BCUT2D eigenvalue weighted by atomic mass is 10.0. The van der Waals surface area contributed by atoms with Crippen molar-refractivity contribution in [2.24, 2.45) is 0 Å². The van der Waals surface area contributed by atoms with Gasteiger partial charge in [-0.05, 0) is 24.0 Å². The van der Waals surface area contributed by atoms with E-state index in [0.29, 0.717) is 12.8 Å². The van der Waals surface area contributed by atoms with E-state index in [0.717, 1.165) is 11.1 Å². The normalized spacial score (nSPS) is 12.9. The number of methoxy groups -OCH3 is 2. The van der Waals surface area contributed by atoms with E-state index in [1.165, 1.54) is 14.2 Å². The Morgan fingerprint density at radius 3 is 1.44 bits per heavy atom. The molecule has 0 spiro atoms. The topological polar surface area (TPSA) is 64.6 Å². The van der Waals surface area contributed by atoms with Crippen molar-refractivity contribution in [3.63, 3.8) is 0 Å². The van der Waals surface area contributed by atoms with Crippen LogP contribution in [0.5, 0.6) is 0 Å². The van der Waals surface area contributed by atoms with E-state index >= 15 is 0 Å². The number of esters is 2. The summed E-state index contributed by atoms with van der Waals surface area (Å²) in [7, 11) is 2.68. The molecule has 0 aliphatic carbocycles. The van der Waals surface area contributed by atoms with Crippen LogP contribution < -0.4 is 5.32 Å². The lowest BCUT2D eigenvalue weighted by molar-refractivity contribution is -0.146. The van der Waals surface area contributed by atoms with E-state index in [2.05, 4.69) is 5.32 Å². The van der Waals surface area contributed by atoms with Gasteiger partial charge < -0.3 is 9.47 Å². The van der Waals surface area contributed by atoms with Gasteiger partial charge in [0.15, 0.2) is 0 Å². The van der Waals surface area contributed by atoms with E-state index in [1.807, 2.05) is 60.7 Å². The summed E-state index contributed by atoms with van der Waals surface area (Å²) in [6.45, 7) is 0. The first kappa shape index (κ1) is 18.7. The van der Waals surface area contributed by atoms with Gasteiger partial charge >= 0.3 is 11.9 Å². The van der Waals surface area contributed by atoms with Gasteiger partial charge in [-0.25, -0.2) is 0 Å². The van der Waals surface area contributed by atoms with E-state index < -0.39 is 24.0 Å². The minimum atomic E-state index is -0.639. The highest BCUT2D eigenvalue weighted by Gasteiger charge is 2.28. The van der Waals surface area contributed by atoms with Crippen LogP contribution in [0.15, 0.2) is 60.7 Å². The van der Waals surface area contributed by atoms with Gasteiger partial charge in [-0.3, -0.25) is 14.9 Å². The summed E-state index contributed by atoms with van der Waals surface area (Å²) in [5.74, 6) is -0.823. The highest BCUT2D eigenvalue weighted by molar-refractivity contribution is 5.80. The summed E-state index contributed by atoms with van der Waals surface area (Å²) < 4.78 is 9.79. The van der Waals surface area contributed by atoms with E-state index in [-0.39, 0.29) is 0 Å². The minimum absolute atomic E-state index is 0.411. The van der Waals surface area contributed by atoms with Crippen LogP contribution in [0.25, 0.3) is 0 Å². The molecular weight excluding hydrogens is 318 g/mol. The van der Waals surface area contributed by atoms with Crippen molar-refractivity contribution in [2.45, 2.75) is 24.9 Å². The average Bonchev–Trinajstić information content (AvgIpc) is 2.67. The first-order valence-corrected chi connectivity index (χ1v) is 8.13. The van der Waals surface area contributed by atoms with Gasteiger partial charge in [-0.1, -0.05) is 60.7 Å². The number of benzene rings is 2. The van der Waals surface area contributed by atoms with Gasteiger partial charge in [-0.15, -0.1) is 0 Å². The number of hydrogen-bond donors (Lipinski definition) is 1. The molecule has 0 aliphatic heterocycles. The van der Waals surface area contributed by atoms with Gasteiger partial charge in [0.05, 0.1) is 14.2 Å². The van der Waals surface area contributed by atoms with Crippen molar-refractivity contribution < 1.29 is 19.1 Å². The van der Waals surface area contributed by atoms with E-state index in [4.69, 9.17) is 9.47 Å². The molecule has 0 radical (unpaired) electrons. The van der Waals surface area contributed by atoms with Crippen molar-refractivity contribution in [2.75, 3.05) is 14.2 Å². The highest BCUT2D eigenvalue weighted by Crippen LogP contribution is 2.09. The lowest BCUT2D eigenvalue weighted by Gasteiger charge is -2.23. The molecule has 5 nitrogen and oxygen atoms in total. The molecule has 2 atom stereocenters. The predicted octanol–water partition coefficient (Wildman–Crippen LogP) is 2.14. The molecule has 0 saturated carbocycles. The SMILES string of the molecule is COC(=O)[C@@H](Cc1ccccc1)N[C@H](Cc1ccccc1)C(=O)OC. The molecule has 2 aromatic rings. The molecule has 5 heteroatoms. The molecule has 0 amide bonds. The second kappa shape index (κ2) is 9.59. The lowest BCUT2D eigenvalue weighted by Crippen LogP contribution is -2.50. The highest BCUT2D eigenvalue weighted by atomic mass is 16.5. The summed E-state index contributed by atoms with van der Waals surface area (Å²) in [5.41, 5.74) is 1.96. The molecule has 2 aromatic carbocycles. The molecule has 132 valence electrons. The maximum atomic E-state index is 12.2. The molecule has 25 heavy (non-hydrogen) atoms. The Kier molecular flexibility index (Phi) is 7.16. The summed E-state index contributed by atoms with van der Waals surface area (Å²) in [5, 5.41) is 3.10. The standard InChI is InChI=1S/C20H23NO4/c1-24-19(22)17(13-15-9-5-3-6-10-15)21-18(20(23)25-2)14-16-11-7-4-8-12-16/h3-12,17-18,21H,13-14H2,1-2H3/t17-,18-/m1/s1. The molecule has 0 fully saturated rings. The second-order valence-electron chi connectivity index (χ2n) is 5.70. The fourth-order valence-electron chi connectivity index (χ4n) is 2.65. The van der Waals surface area contributed by atoms with E-state index in [1.54, 1.807) is 0 Å². The Bertz CT molecular complexity index is 613. The smallest absolute Gasteiger partial charge is 0.323 e. The van der Waals surface area contributed by atoms with Crippen molar-refractivity contribution in [1.82, 2.24) is 5.32 Å². The summed E-state index contributed by atoms with van der Waals surface area (Å²) >= 11 is 0. The summed E-state index contributed by atoms with van der Waals surface area (Å²) in [6.07, 6.45) is 0.853. The molecule has 1 N–H and O–H groups in total. The van der Waals surface area contributed by atoms with Crippen LogP contribution in [0.4, 0.5) is 0 Å². The van der Waals surface area contributed by atoms with Gasteiger partial charge in [0.25, 0.3) is 0 Å². The third-order valence-corrected chi connectivity index (χ3v) is 3.94. The van der Waals surface area contributed by atoms with Gasteiger partial charge in [0.2, 0.25) is 0 Å². The predicted molar refractivity (Wildman–Crippen MR) is 95.0 cm³/mol. The van der Waals surface area contributed by atoms with Crippen LogP contribution in [0.3, 0.4) is 0 Å². The zero-order chi connectivity index (χ0) is 18.1. The van der Waals surface area contributed by atoms with Crippen LogP contribution in [-0.2, 0) is 31.9 Å². The third-order valence-electron chi connectivity index (χ3n) is 3.94. The number of nitrogens with one attached hydrogen (secondary N) is 1. The van der Waals surface area contributed by atoms with Crippen molar-refractivity contribution in [1.29, 1.82) is 0 Å². The second-order valence-corrected chi connectivity index (χ2v) is 5.70. The quantitative estimate of drug-likeness (QED) is 0.745. The largest absolute Gasteiger partial charge is 0.468 e. The molecule has 0 saturated heterocycles. The summed E-state index contributed by atoms with van der Waals surface area (Å²) in [4.78, 5) is 24.4. The van der Waals surface area contributed by atoms with Crippen molar-refractivity contribution in [3.8, 4) is 0 Å². The molecular formula is C20H23NO4. The van der Waals surface area contributed by atoms with Crippen LogP contribution in [-0.4, -0.2) is 38.2 Å². The molecule has 0 heterocycles. The monoisotopic (exact) mass is 341 g/mol. The Morgan fingerprint density at radius 1 is 0.760 bits per heavy atom. The maximum absolute atomic E-state index is 12.2. The number of hydrogen-bond acceptors (Lipinski definition) is 5. The van der Waals surface area contributed by atoms with E-state index in [9.17, 15) is 9.59 Å². The van der Waals surface area contributed by atoms with Crippen molar-refractivity contribution >= 4 is 11.9 Å². The first-order valence-electron chi connectivity index (χ1n) is 8.13. The molecule has 0 unspecified atom stereocenters. The minimum Gasteiger partial charge on any atom is -0.468 e. The zero-order valence-corrected chi connectivity index (χ0v) is 14.5. The number of carbonyl (C=O) groups excluding carboxylic acids is 2. The molecule has 0 aromatic heterocycles. The Morgan fingerprint density at radius 2 is 1.12 bits per heavy atom. The fourth-order valence-corrected chi connectivity index (χ4v) is 2.65. The maximum Gasteiger partial charge on any atom is 0.323 e. The third kappa shape index (κ3) is 5.72. The number of ether oxygens (including phenoxy) is 2. The van der Waals surface area contributed by atoms with Crippen LogP contribution in [0.2, 0.25) is 0 Å². The Labute approximate surface area is 148 Å². The average molecular weight is 341 g/mol. The Balaban J connectivity index is 2.16. The van der Waals surface area contributed by atoms with Crippen LogP contribution in [0.1, 0.15) is 11.1 Å². The molecule has 0 bridgehead atoms. The molecule has 0 aliphatic rings. The summed E-state index contributed by atoms with van der Waals surface area (Å²) in [6, 6.07) is 17.9. The fraction of sp³-hybridized carbons (Fsp3) is 0.300. The van der Waals surface area contributed by atoms with Gasteiger partial charge in [0, 0.05) is 0 Å². The number of carbonyl (C=O) groups is 2. The van der Waals surface area contributed by atoms with Crippen LogP contribution >= 0.6 is 0 Å². The number of rotatable bonds is 8. The van der Waals surface area contributed by atoms with Gasteiger partial charge in [0.1, 0.15) is 12.1 Å². The zero-order valence-electron chi connectivity index (χ0n) is 14.5. The molecule has 2 rings (SSSR count). The van der Waals surface area contributed by atoms with Gasteiger partial charge in [-0.2, -0.15) is 0 Å². The van der Waals surface area contributed by atoms with Crippen molar-refractivity contribution in [3.05, 3.63) is 71.8 Å². The van der Waals surface area contributed by atoms with Crippen LogP contribution in [0, 0.1) is 0 Å².